The lowest BCUT2D eigenvalue weighted by molar-refractivity contribution is 1.02. The fourth-order valence-electron chi connectivity index (χ4n) is 12.2. The Morgan fingerprint density at radius 1 is 0.224 bits per heavy atom. The Morgan fingerprint density at radius 3 is 1.00 bits per heavy atom. The van der Waals surface area contributed by atoms with Gasteiger partial charge in [0.2, 0.25) is 0 Å². The second kappa shape index (κ2) is 16.5. The molecular weight excluding hydrogens is 933 g/mol. The molecule has 0 fully saturated rings. The highest BCUT2D eigenvalue weighted by molar-refractivity contribution is 6.18. The number of fused-ring (bicyclic) bond motifs is 12. The van der Waals surface area contributed by atoms with Gasteiger partial charge in [0, 0.05) is 122 Å². The first-order valence-electron chi connectivity index (χ1n) is 25.3. The van der Waals surface area contributed by atoms with Crippen LogP contribution >= 0.6 is 0 Å². The van der Waals surface area contributed by atoms with Gasteiger partial charge in [0.25, 0.3) is 0 Å². The number of pyridine rings is 6. The zero-order valence-corrected chi connectivity index (χ0v) is 40.6. The van der Waals surface area contributed by atoms with E-state index < -0.39 is 0 Å². The van der Waals surface area contributed by atoms with Gasteiger partial charge in [-0.25, -0.2) is 4.98 Å². The van der Waals surface area contributed by atoms with E-state index in [1.54, 1.807) is 0 Å². The molecule has 76 heavy (non-hydrogen) atoms. The average Bonchev–Trinajstić information content (AvgIpc) is 4.36. The molecule has 0 aliphatic heterocycles. The molecule has 10 aromatic heterocycles. The minimum absolute atomic E-state index is 0.786. The van der Waals surface area contributed by atoms with E-state index in [-0.39, 0.29) is 0 Å². The van der Waals surface area contributed by atoms with Crippen molar-refractivity contribution in [1.82, 2.24) is 48.2 Å². The van der Waals surface area contributed by atoms with Gasteiger partial charge in [0.05, 0.1) is 78.3 Å². The first-order chi connectivity index (χ1) is 37.8. The molecule has 0 atom stereocenters. The topological polar surface area (TPSA) is 97.1 Å². The monoisotopic (exact) mass is 972 g/mol. The molecule has 16 rings (SSSR count). The molecule has 0 bridgehead atoms. The summed E-state index contributed by atoms with van der Waals surface area (Å²) in [4.78, 5) is 29.7. The van der Waals surface area contributed by atoms with E-state index in [1.165, 1.54) is 0 Å². The van der Waals surface area contributed by atoms with Gasteiger partial charge in [-0.05, 0) is 78.4 Å². The summed E-state index contributed by atoms with van der Waals surface area (Å²) >= 11 is 0. The second-order valence-electron chi connectivity index (χ2n) is 19.1. The van der Waals surface area contributed by atoms with Crippen molar-refractivity contribution >= 4 is 87.2 Å². The van der Waals surface area contributed by atoms with Gasteiger partial charge in [-0.3, -0.25) is 24.9 Å². The van der Waals surface area contributed by atoms with Crippen LogP contribution in [0.25, 0.3) is 144 Å². The van der Waals surface area contributed by atoms with Crippen LogP contribution in [0, 0.1) is 0 Å². The molecule has 0 radical (unpaired) electrons. The minimum atomic E-state index is 0.786. The number of nitrogens with zero attached hydrogens (tertiary/aromatic N) is 10. The molecule has 10 heterocycles. The Balaban J connectivity index is 1.30. The Labute approximate surface area is 433 Å². The van der Waals surface area contributed by atoms with Crippen LogP contribution in [0.3, 0.4) is 0 Å². The van der Waals surface area contributed by atoms with Crippen molar-refractivity contribution in [2.24, 2.45) is 0 Å². The normalized spacial score (nSPS) is 11.9. The van der Waals surface area contributed by atoms with Gasteiger partial charge >= 0.3 is 0 Å². The highest BCUT2D eigenvalue weighted by atomic mass is 15.1. The third kappa shape index (κ3) is 5.97. The maximum Gasteiger partial charge on any atom is 0.0976 e. The number of rotatable bonds is 7. The van der Waals surface area contributed by atoms with Gasteiger partial charge < -0.3 is 18.3 Å². The number of aromatic nitrogens is 10. The highest BCUT2D eigenvalue weighted by Crippen LogP contribution is 2.54. The van der Waals surface area contributed by atoms with Crippen molar-refractivity contribution in [1.29, 1.82) is 0 Å². The van der Waals surface area contributed by atoms with Crippen molar-refractivity contribution in [3.8, 4) is 56.4 Å². The molecule has 0 saturated heterocycles. The summed E-state index contributed by atoms with van der Waals surface area (Å²) < 4.78 is 9.92. The Morgan fingerprint density at radius 2 is 0.566 bits per heavy atom. The van der Waals surface area contributed by atoms with Gasteiger partial charge in [0.15, 0.2) is 0 Å². The van der Waals surface area contributed by atoms with Gasteiger partial charge in [-0.2, -0.15) is 0 Å². The van der Waals surface area contributed by atoms with Crippen molar-refractivity contribution < 1.29 is 0 Å². The fraction of sp³-hybridized carbons (Fsp3) is 0. The first kappa shape index (κ1) is 42.0. The summed E-state index contributed by atoms with van der Waals surface area (Å²) in [5.41, 5.74) is 17.3. The van der Waals surface area contributed by atoms with E-state index in [9.17, 15) is 0 Å². The smallest absolute Gasteiger partial charge is 0.0976 e. The van der Waals surface area contributed by atoms with Crippen LogP contribution in [-0.4, -0.2) is 48.2 Å². The number of hydrogen-bond donors (Lipinski definition) is 0. The van der Waals surface area contributed by atoms with Crippen LogP contribution in [0.2, 0.25) is 0 Å². The molecule has 354 valence electrons. The molecule has 0 N–H and O–H groups in total. The van der Waals surface area contributed by atoms with E-state index in [0.29, 0.717) is 0 Å². The van der Waals surface area contributed by atoms with E-state index >= 15 is 0 Å². The largest absolute Gasteiger partial charge is 0.306 e. The van der Waals surface area contributed by atoms with E-state index in [0.717, 1.165) is 144 Å². The van der Waals surface area contributed by atoms with Gasteiger partial charge in [0.1, 0.15) is 0 Å². The van der Waals surface area contributed by atoms with Crippen LogP contribution in [0.1, 0.15) is 0 Å². The standard InChI is InChI=1S/C66H40N10/c1-2-13-41(14-3-1)51-19-12-20-52(72-51)62-61(42-25-31-67-32-26-42)63(73-53-21-8-4-15-43(53)47-37-68-33-27-57(47)73)65(75-55-23-10-6-17-45(55)49-39-70-35-29-59(49)75)66(76-56-24-11-7-18-46(56)50-40-71-36-30-60(50)76)64(62)74-54-22-9-5-16-44(54)48-38-69-34-28-58(48)74/h1-40H. The van der Waals surface area contributed by atoms with Crippen molar-refractivity contribution in [2.75, 3.05) is 0 Å². The van der Waals surface area contributed by atoms with Crippen LogP contribution < -0.4 is 0 Å². The minimum Gasteiger partial charge on any atom is -0.306 e. The molecule has 6 aromatic carbocycles. The van der Waals surface area contributed by atoms with Gasteiger partial charge in [-0.15, -0.1) is 0 Å². The Bertz CT molecular complexity index is 4790. The zero-order chi connectivity index (χ0) is 49.8. The van der Waals surface area contributed by atoms with E-state index in [2.05, 4.69) is 205 Å². The average molecular weight is 973 g/mol. The Kier molecular flexibility index (Phi) is 9.10. The van der Waals surface area contributed by atoms with E-state index in [1.807, 2.05) is 62.0 Å². The lowest BCUT2D eigenvalue weighted by Gasteiger charge is -2.31. The van der Waals surface area contributed by atoms with Crippen LogP contribution in [0.4, 0.5) is 0 Å². The summed E-state index contributed by atoms with van der Waals surface area (Å²) in [6.45, 7) is 0. The summed E-state index contributed by atoms with van der Waals surface area (Å²) in [5, 5.41) is 8.44. The molecule has 0 saturated carbocycles. The zero-order valence-electron chi connectivity index (χ0n) is 40.6. The molecule has 0 amide bonds. The van der Waals surface area contributed by atoms with Crippen LogP contribution in [0.15, 0.2) is 244 Å². The second-order valence-corrected chi connectivity index (χ2v) is 19.1. The van der Waals surface area contributed by atoms with Crippen molar-refractivity contribution in [3.63, 3.8) is 0 Å². The molecular formula is C66H40N10. The van der Waals surface area contributed by atoms with Crippen molar-refractivity contribution in [2.45, 2.75) is 0 Å². The number of hydrogen-bond acceptors (Lipinski definition) is 6. The SMILES string of the molecule is c1ccc(-c2cccc(-c3c(-c4ccncc4)c(-n4c5ccccc5c5cnccc54)c(-n4c5ccccc5c5cnccc54)c(-n4c5ccccc5c5cnccc54)c3-n3c4ccccc4c4cnccc43)n2)cc1. The molecule has 10 heteroatoms. The van der Waals surface area contributed by atoms with E-state index in [4.69, 9.17) is 24.9 Å². The highest BCUT2D eigenvalue weighted by Gasteiger charge is 2.36. The maximum atomic E-state index is 5.82. The first-order valence-corrected chi connectivity index (χ1v) is 25.3. The van der Waals surface area contributed by atoms with Gasteiger partial charge in [-0.1, -0.05) is 109 Å². The lowest BCUT2D eigenvalue weighted by Crippen LogP contribution is -2.16. The molecule has 10 nitrogen and oxygen atoms in total. The molecule has 0 unspecified atom stereocenters. The fourth-order valence-corrected chi connectivity index (χ4v) is 12.2. The Hall–Kier alpha value is -10.6. The third-order valence-corrected chi connectivity index (χ3v) is 15.2. The molecule has 16 aromatic rings. The third-order valence-electron chi connectivity index (χ3n) is 15.2. The summed E-state index contributed by atoms with van der Waals surface area (Å²) in [6.07, 6.45) is 19.4. The lowest BCUT2D eigenvalue weighted by atomic mass is 9.90. The summed E-state index contributed by atoms with van der Waals surface area (Å²) in [5.74, 6) is 0. The quantitative estimate of drug-likeness (QED) is 0.158. The molecule has 0 aliphatic rings. The maximum absolute atomic E-state index is 5.82. The number of benzene rings is 6. The predicted molar refractivity (Wildman–Crippen MR) is 307 cm³/mol. The van der Waals surface area contributed by atoms with Crippen LogP contribution in [-0.2, 0) is 0 Å². The molecule has 0 spiro atoms. The molecule has 0 aliphatic carbocycles. The summed E-state index contributed by atoms with van der Waals surface area (Å²) in [6, 6.07) is 64.6. The number of para-hydroxylation sites is 4. The van der Waals surface area contributed by atoms with Crippen LogP contribution in [0.5, 0.6) is 0 Å². The summed E-state index contributed by atoms with van der Waals surface area (Å²) in [7, 11) is 0. The van der Waals surface area contributed by atoms with Crippen molar-refractivity contribution in [3.05, 3.63) is 244 Å². The predicted octanol–water partition coefficient (Wildman–Crippen LogP) is 15.4.